The molecule has 31 heavy (non-hydrogen) atoms. The highest BCUT2D eigenvalue weighted by atomic mass is 127. The first-order valence-electron chi connectivity index (χ1n) is 10.6. The van der Waals surface area contributed by atoms with E-state index in [-0.39, 0.29) is 29.4 Å². The number of aliphatic imine (C=N–C) groups is 1. The molecule has 176 valence electrons. The van der Waals surface area contributed by atoms with E-state index >= 15 is 0 Å². The van der Waals surface area contributed by atoms with Gasteiger partial charge < -0.3 is 25.4 Å². The number of amides is 1. The van der Waals surface area contributed by atoms with Gasteiger partial charge in [-0.2, -0.15) is 0 Å². The van der Waals surface area contributed by atoms with Gasteiger partial charge in [0.05, 0.1) is 6.54 Å². The van der Waals surface area contributed by atoms with Crippen molar-refractivity contribution in [2.75, 3.05) is 39.4 Å². The predicted molar refractivity (Wildman–Crippen MR) is 137 cm³/mol. The van der Waals surface area contributed by atoms with E-state index in [9.17, 15) is 4.79 Å². The van der Waals surface area contributed by atoms with Crippen molar-refractivity contribution in [3.63, 3.8) is 0 Å². The van der Waals surface area contributed by atoms with Gasteiger partial charge in [0.25, 0.3) is 0 Å². The van der Waals surface area contributed by atoms with E-state index in [1.54, 1.807) is 0 Å². The zero-order valence-corrected chi connectivity index (χ0v) is 22.0. The molecule has 1 fully saturated rings. The monoisotopic (exact) mass is 566 g/mol. The van der Waals surface area contributed by atoms with Gasteiger partial charge in [-0.15, -0.1) is 24.0 Å². The fourth-order valence-electron chi connectivity index (χ4n) is 3.35. The summed E-state index contributed by atoms with van der Waals surface area (Å²) in [5.74, 6) is 0.719. The quantitative estimate of drug-likeness (QED) is 0.200. The molecule has 1 aromatic carbocycles. The summed E-state index contributed by atoms with van der Waals surface area (Å²) < 4.78 is 10.8. The number of hydrogen-bond donors (Lipinski definition) is 3. The highest BCUT2D eigenvalue weighted by Crippen LogP contribution is 2.36. The van der Waals surface area contributed by atoms with Crippen molar-refractivity contribution in [3.8, 4) is 0 Å². The third-order valence-corrected chi connectivity index (χ3v) is 5.09. The Labute approximate surface area is 208 Å². The summed E-state index contributed by atoms with van der Waals surface area (Å²) in [4.78, 5) is 16.6. The third-order valence-electron chi connectivity index (χ3n) is 4.86. The Bertz CT molecular complexity index is 719. The highest BCUT2D eigenvalue weighted by molar-refractivity contribution is 14.0. The molecule has 1 saturated heterocycles. The van der Waals surface area contributed by atoms with Crippen molar-refractivity contribution in [2.24, 2.45) is 4.99 Å². The number of nitrogens with one attached hydrogen (secondary N) is 3. The lowest BCUT2D eigenvalue weighted by Crippen LogP contribution is -2.44. The maximum absolute atomic E-state index is 11.8. The summed E-state index contributed by atoms with van der Waals surface area (Å²) >= 11 is 6.25. The molecule has 0 spiro atoms. The Balaban J connectivity index is 0.00000480. The summed E-state index contributed by atoms with van der Waals surface area (Å²) in [6.07, 6.45) is 1.38. The van der Waals surface area contributed by atoms with E-state index in [0.717, 1.165) is 30.4 Å². The topological polar surface area (TPSA) is 84.0 Å². The highest BCUT2D eigenvalue weighted by Gasteiger charge is 2.34. The van der Waals surface area contributed by atoms with Gasteiger partial charge in [-0.3, -0.25) is 4.99 Å². The Morgan fingerprint density at radius 3 is 2.48 bits per heavy atom. The second kappa shape index (κ2) is 13.3. The minimum Gasteiger partial charge on any atom is -0.444 e. The number of guanidine groups is 1. The molecule has 3 N–H and O–H groups in total. The molecule has 2 rings (SSSR count). The van der Waals surface area contributed by atoms with Crippen LogP contribution in [0.3, 0.4) is 0 Å². The summed E-state index contributed by atoms with van der Waals surface area (Å²) in [6, 6.07) is 8.04. The van der Waals surface area contributed by atoms with Crippen LogP contribution >= 0.6 is 35.6 Å². The van der Waals surface area contributed by atoms with Crippen molar-refractivity contribution in [1.82, 2.24) is 16.0 Å². The molecule has 0 aromatic heterocycles. The lowest BCUT2D eigenvalue weighted by molar-refractivity contribution is 0.0527. The van der Waals surface area contributed by atoms with E-state index in [0.29, 0.717) is 32.8 Å². The van der Waals surface area contributed by atoms with Gasteiger partial charge in [0.1, 0.15) is 5.60 Å². The largest absolute Gasteiger partial charge is 0.444 e. The van der Waals surface area contributed by atoms with Crippen LogP contribution in [0.15, 0.2) is 29.3 Å². The lowest BCUT2D eigenvalue weighted by Gasteiger charge is -2.36. The molecule has 0 unspecified atom stereocenters. The van der Waals surface area contributed by atoms with Crippen molar-refractivity contribution >= 4 is 47.6 Å². The number of nitrogens with zero attached hydrogens (tertiary/aromatic N) is 1. The lowest BCUT2D eigenvalue weighted by atomic mass is 9.74. The van der Waals surface area contributed by atoms with E-state index < -0.39 is 11.7 Å². The standard InChI is InChI=1S/C22H35ClN4O3.HI/c1-5-24-19(25-11-12-26-20(28)30-21(2,3)4)27-16-22(9-13-29-14-10-22)17-7-6-8-18(23)15-17;/h6-8,15H,5,9-14,16H2,1-4H3,(H,26,28)(H2,24,25,27);1H. The maximum Gasteiger partial charge on any atom is 0.407 e. The first kappa shape index (κ1) is 27.8. The van der Waals surface area contributed by atoms with E-state index in [1.807, 2.05) is 45.9 Å². The van der Waals surface area contributed by atoms with Crippen LogP contribution < -0.4 is 16.0 Å². The van der Waals surface area contributed by atoms with Crippen LogP contribution in [0.4, 0.5) is 4.79 Å². The van der Waals surface area contributed by atoms with Gasteiger partial charge in [0.15, 0.2) is 5.96 Å². The zero-order chi connectivity index (χ0) is 22.0. The van der Waals surface area contributed by atoms with Crippen LogP contribution in [0.2, 0.25) is 5.02 Å². The molecule has 1 heterocycles. The molecule has 1 aliphatic rings. The van der Waals surface area contributed by atoms with Crippen molar-refractivity contribution < 1.29 is 14.3 Å². The summed E-state index contributed by atoms with van der Waals surface area (Å²) in [6.45, 7) is 11.3. The second-order valence-electron chi connectivity index (χ2n) is 8.45. The van der Waals surface area contributed by atoms with Gasteiger partial charge in [-0.1, -0.05) is 23.7 Å². The average Bonchev–Trinajstić information content (AvgIpc) is 2.68. The number of benzene rings is 1. The summed E-state index contributed by atoms with van der Waals surface area (Å²) in [7, 11) is 0. The van der Waals surface area contributed by atoms with E-state index in [4.69, 9.17) is 26.1 Å². The molecule has 0 atom stereocenters. The van der Waals surface area contributed by atoms with Gasteiger partial charge in [-0.25, -0.2) is 4.79 Å². The van der Waals surface area contributed by atoms with Gasteiger partial charge in [0, 0.05) is 43.3 Å². The van der Waals surface area contributed by atoms with Crippen LogP contribution in [0.5, 0.6) is 0 Å². The van der Waals surface area contributed by atoms with E-state index in [1.165, 1.54) is 5.56 Å². The third kappa shape index (κ3) is 9.82. The summed E-state index contributed by atoms with van der Waals surface area (Å²) in [5.41, 5.74) is 0.594. The smallest absolute Gasteiger partial charge is 0.407 e. The molecular weight excluding hydrogens is 531 g/mol. The first-order chi connectivity index (χ1) is 14.2. The van der Waals surface area contributed by atoms with E-state index in [2.05, 4.69) is 22.0 Å². The van der Waals surface area contributed by atoms with Crippen LogP contribution in [0.25, 0.3) is 0 Å². The minimum atomic E-state index is -0.508. The number of ether oxygens (including phenoxy) is 2. The Morgan fingerprint density at radius 2 is 1.87 bits per heavy atom. The average molecular weight is 567 g/mol. The molecule has 1 aromatic rings. The SMILES string of the molecule is CCNC(=NCC1(c2cccc(Cl)c2)CCOCC1)NCCNC(=O)OC(C)(C)C.I. The van der Waals surface area contributed by atoms with Crippen LogP contribution in [0.1, 0.15) is 46.1 Å². The number of carbonyl (C=O) groups excluding carboxylic acids is 1. The molecule has 1 aliphatic heterocycles. The Kier molecular flexibility index (Phi) is 11.9. The zero-order valence-electron chi connectivity index (χ0n) is 18.9. The number of rotatable bonds is 7. The fraction of sp³-hybridized carbons (Fsp3) is 0.636. The summed E-state index contributed by atoms with van der Waals surface area (Å²) in [5, 5.41) is 10.0. The second-order valence-corrected chi connectivity index (χ2v) is 8.89. The maximum atomic E-state index is 11.8. The predicted octanol–water partition coefficient (Wildman–Crippen LogP) is 4.09. The molecule has 0 aliphatic carbocycles. The Morgan fingerprint density at radius 1 is 1.19 bits per heavy atom. The minimum absolute atomic E-state index is 0. The van der Waals surface area contributed by atoms with Gasteiger partial charge in [-0.05, 0) is 58.2 Å². The molecule has 1 amide bonds. The van der Waals surface area contributed by atoms with Gasteiger partial charge in [0.2, 0.25) is 0 Å². The molecule has 0 saturated carbocycles. The van der Waals surface area contributed by atoms with Crippen molar-refractivity contribution in [2.45, 2.75) is 51.6 Å². The van der Waals surface area contributed by atoms with Crippen LogP contribution in [-0.4, -0.2) is 57.0 Å². The number of alkyl carbamates (subject to hydrolysis) is 1. The number of halogens is 2. The fourth-order valence-corrected chi connectivity index (χ4v) is 3.54. The molecular formula is C22H36ClIN4O3. The van der Waals surface area contributed by atoms with Crippen molar-refractivity contribution in [1.29, 1.82) is 0 Å². The number of carbonyl (C=O) groups is 1. The Hall–Kier alpha value is -1.26. The van der Waals surface area contributed by atoms with Crippen LogP contribution in [-0.2, 0) is 14.9 Å². The normalized spacial score (nSPS) is 16.1. The molecule has 7 nitrogen and oxygen atoms in total. The van der Waals surface area contributed by atoms with Crippen LogP contribution in [0, 0.1) is 0 Å². The molecule has 0 radical (unpaired) electrons. The van der Waals surface area contributed by atoms with Crippen molar-refractivity contribution in [3.05, 3.63) is 34.9 Å². The first-order valence-corrected chi connectivity index (χ1v) is 10.9. The number of hydrogen-bond acceptors (Lipinski definition) is 4. The molecule has 0 bridgehead atoms. The molecule has 9 heteroatoms. The van der Waals surface area contributed by atoms with Gasteiger partial charge >= 0.3 is 6.09 Å².